The van der Waals surface area contributed by atoms with E-state index in [1.807, 2.05) is 0 Å². The Morgan fingerprint density at radius 3 is 2.32 bits per heavy atom. The van der Waals surface area contributed by atoms with E-state index in [2.05, 4.69) is 14.7 Å². The minimum absolute atomic E-state index is 0.0440. The molecule has 3 rings (SSSR count). The van der Waals surface area contributed by atoms with Crippen LogP contribution in [0.1, 0.15) is 30.3 Å². The molecule has 0 aliphatic heterocycles. The highest BCUT2D eigenvalue weighted by Crippen LogP contribution is 2.41. The molecule has 37 heavy (non-hydrogen) atoms. The maximum Gasteiger partial charge on any atom is 0.469 e. The summed E-state index contributed by atoms with van der Waals surface area (Å²) in [5.41, 5.74) is 3.74. The second-order valence-electron chi connectivity index (χ2n) is 8.14. The highest BCUT2D eigenvalue weighted by atomic mass is 35.5. The van der Waals surface area contributed by atoms with Crippen LogP contribution in [0.3, 0.4) is 0 Å². The van der Waals surface area contributed by atoms with E-state index >= 15 is 0 Å². The van der Waals surface area contributed by atoms with Gasteiger partial charge in [0, 0.05) is 5.56 Å². The van der Waals surface area contributed by atoms with Crippen LogP contribution in [0.5, 0.6) is 11.5 Å². The SMILES string of the molecule is C[C@](N)(COP(=O)(O)O)c1nnc(-c2ccc(OCCCCOc3ccccc3Cl)c(C(F)(F)F)c2)s1. The van der Waals surface area contributed by atoms with Crippen LogP contribution < -0.4 is 15.2 Å². The number of benzene rings is 2. The molecule has 0 saturated carbocycles. The predicted molar refractivity (Wildman–Crippen MR) is 132 cm³/mol. The molecule has 0 fully saturated rings. The van der Waals surface area contributed by atoms with Crippen molar-refractivity contribution >= 4 is 30.8 Å². The van der Waals surface area contributed by atoms with Crippen molar-refractivity contribution in [2.75, 3.05) is 19.8 Å². The normalized spacial score (nSPS) is 13.8. The molecule has 0 spiro atoms. The van der Waals surface area contributed by atoms with Gasteiger partial charge in [0.15, 0.2) is 0 Å². The summed E-state index contributed by atoms with van der Waals surface area (Å²) in [6.07, 6.45) is -3.69. The number of nitrogens with zero attached hydrogens (tertiary/aromatic N) is 2. The molecule has 1 heterocycles. The molecule has 1 aromatic heterocycles. The zero-order valence-corrected chi connectivity index (χ0v) is 21.9. The van der Waals surface area contributed by atoms with Crippen LogP contribution in [-0.4, -0.2) is 39.8 Å². The van der Waals surface area contributed by atoms with E-state index in [1.54, 1.807) is 24.3 Å². The first-order chi connectivity index (χ1) is 17.3. The number of alkyl halides is 3. The molecule has 0 unspecified atom stereocenters. The minimum Gasteiger partial charge on any atom is -0.493 e. The lowest BCUT2D eigenvalue weighted by Crippen LogP contribution is -2.37. The van der Waals surface area contributed by atoms with Gasteiger partial charge in [-0.15, -0.1) is 10.2 Å². The first-order valence-corrected chi connectivity index (χ1v) is 13.5. The Balaban J connectivity index is 1.64. The Morgan fingerprint density at radius 2 is 1.70 bits per heavy atom. The standard InChI is InChI=1S/C22H24ClF3N3O6PS/c1-21(27,13-35-36(30,31)32)20-29-28-19(37-20)14-8-9-17(15(12-14)22(24,25)26)33-10-4-5-11-34-18-7-3-2-6-16(18)23/h2-3,6-9,12H,4-5,10-11,13,27H2,1H3,(H2,30,31,32)/t21-/m0/s1. The molecular weight excluding hydrogens is 558 g/mol. The van der Waals surface area contributed by atoms with Gasteiger partial charge in [0.1, 0.15) is 21.5 Å². The second-order valence-corrected chi connectivity index (χ2v) is 10.8. The average Bonchev–Trinajstić information content (AvgIpc) is 3.32. The van der Waals surface area contributed by atoms with Crippen molar-refractivity contribution in [1.82, 2.24) is 10.2 Å². The molecule has 0 saturated heterocycles. The summed E-state index contributed by atoms with van der Waals surface area (Å²) in [5.74, 6) is 0.204. The number of nitrogens with two attached hydrogens (primary N) is 1. The third-order valence-electron chi connectivity index (χ3n) is 4.87. The number of halogens is 4. The molecule has 3 aromatic rings. The van der Waals surface area contributed by atoms with Gasteiger partial charge in [-0.25, -0.2) is 4.57 Å². The molecule has 202 valence electrons. The van der Waals surface area contributed by atoms with Gasteiger partial charge in [-0.05, 0) is 50.1 Å². The van der Waals surface area contributed by atoms with Gasteiger partial charge in [-0.1, -0.05) is 35.1 Å². The number of hydrogen-bond donors (Lipinski definition) is 3. The van der Waals surface area contributed by atoms with Crippen LogP contribution in [0, 0.1) is 0 Å². The second kappa shape index (κ2) is 12.1. The van der Waals surface area contributed by atoms with Crippen molar-refractivity contribution in [3.05, 3.63) is 58.1 Å². The van der Waals surface area contributed by atoms with Crippen LogP contribution in [0.25, 0.3) is 10.6 Å². The number of hydrogen-bond acceptors (Lipinski definition) is 8. The van der Waals surface area contributed by atoms with Crippen molar-refractivity contribution < 1.29 is 41.5 Å². The molecule has 0 radical (unpaired) electrons. The molecule has 15 heteroatoms. The molecule has 0 amide bonds. The molecule has 4 N–H and O–H groups in total. The predicted octanol–water partition coefficient (Wildman–Crippen LogP) is 5.40. The largest absolute Gasteiger partial charge is 0.493 e. The summed E-state index contributed by atoms with van der Waals surface area (Å²) >= 11 is 6.89. The van der Waals surface area contributed by atoms with Crippen LogP contribution in [0.4, 0.5) is 13.2 Å². The van der Waals surface area contributed by atoms with E-state index < -0.39 is 31.7 Å². The summed E-state index contributed by atoms with van der Waals surface area (Å²) in [6, 6.07) is 10.5. The topological polar surface area (TPSA) is 137 Å². The number of ether oxygens (including phenoxy) is 2. The Labute approximate surface area is 219 Å². The van der Waals surface area contributed by atoms with E-state index in [0.717, 1.165) is 17.4 Å². The van der Waals surface area contributed by atoms with Crippen molar-refractivity contribution in [3.8, 4) is 22.1 Å². The van der Waals surface area contributed by atoms with E-state index in [4.69, 9.17) is 36.6 Å². The maximum absolute atomic E-state index is 13.8. The van der Waals surface area contributed by atoms with Crippen molar-refractivity contribution in [2.24, 2.45) is 5.73 Å². The Bertz CT molecular complexity index is 1250. The van der Waals surface area contributed by atoms with E-state index in [1.165, 1.54) is 19.1 Å². The lowest BCUT2D eigenvalue weighted by atomic mass is 10.1. The number of rotatable bonds is 12. The van der Waals surface area contributed by atoms with E-state index in [-0.39, 0.29) is 27.9 Å². The quantitative estimate of drug-likeness (QED) is 0.190. The van der Waals surface area contributed by atoms with Gasteiger partial charge in [-0.2, -0.15) is 13.2 Å². The van der Waals surface area contributed by atoms with E-state index in [9.17, 15) is 17.7 Å². The van der Waals surface area contributed by atoms with E-state index in [0.29, 0.717) is 30.2 Å². The van der Waals surface area contributed by atoms with Crippen LogP contribution >= 0.6 is 30.8 Å². The molecular formula is C22H24ClF3N3O6PS. The fourth-order valence-electron chi connectivity index (χ4n) is 2.99. The van der Waals surface area contributed by atoms with Crippen molar-refractivity contribution in [3.63, 3.8) is 0 Å². The molecule has 1 atom stereocenters. The molecule has 2 aromatic carbocycles. The van der Waals surface area contributed by atoms with Gasteiger partial charge in [-0.3, -0.25) is 4.52 Å². The Hall–Kier alpha value is -2.25. The van der Waals surface area contributed by atoms with Gasteiger partial charge in [0.2, 0.25) is 0 Å². The fourth-order valence-corrected chi connectivity index (χ4v) is 4.50. The number of unbranched alkanes of at least 4 members (excludes halogenated alkanes) is 1. The highest BCUT2D eigenvalue weighted by molar-refractivity contribution is 7.46. The smallest absolute Gasteiger partial charge is 0.469 e. The first-order valence-electron chi connectivity index (χ1n) is 10.8. The zero-order valence-electron chi connectivity index (χ0n) is 19.4. The maximum atomic E-state index is 13.8. The molecule has 9 nitrogen and oxygen atoms in total. The monoisotopic (exact) mass is 581 g/mol. The summed E-state index contributed by atoms with van der Waals surface area (Å²) in [6.45, 7) is 1.21. The number of phosphoric ester groups is 1. The molecule has 0 bridgehead atoms. The average molecular weight is 582 g/mol. The van der Waals surface area contributed by atoms with Gasteiger partial charge >= 0.3 is 14.0 Å². The summed E-state index contributed by atoms with van der Waals surface area (Å²) < 4.78 is 67.6. The first kappa shape index (κ1) is 29.3. The summed E-state index contributed by atoms with van der Waals surface area (Å²) in [5, 5.41) is 8.49. The number of phosphoric acid groups is 1. The lowest BCUT2D eigenvalue weighted by Gasteiger charge is -2.21. The molecule has 0 aliphatic rings. The third kappa shape index (κ3) is 8.64. The van der Waals surface area contributed by atoms with Gasteiger partial charge in [0.05, 0.1) is 35.9 Å². The fraction of sp³-hybridized carbons (Fsp3) is 0.364. The summed E-state index contributed by atoms with van der Waals surface area (Å²) in [7, 11) is -4.77. The Morgan fingerprint density at radius 1 is 1.05 bits per heavy atom. The van der Waals surface area contributed by atoms with Crippen LogP contribution in [-0.2, 0) is 20.8 Å². The lowest BCUT2D eigenvalue weighted by molar-refractivity contribution is -0.138. The Kier molecular flexibility index (Phi) is 9.57. The van der Waals surface area contributed by atoms with Gasteiger partial charge < -0.3 is 25.0 Å². The zero-order chi connectivity index (χ0) is 27.3. The van der Waals surface area contributed by atoms with Crippen LogP contribution in [0.2, 0.25) is 5.02 Å². The number of aromatic nitrogens is 2. The third-order valence-corrected chi connectivity index (χ3v) is 6.90. The van der Waals surface area contributed by atoms with Crippen molar-refractivity contribution in [2.45, 2.75) is 31.5 Å². The van der Waals surface area contributed by atoms with Gasteiger partial charge in [0.25, 0.3) is 0 Å². The minimum atomic E-state index is -4.77. The van der Waals surface area contributed by atoms with Crippen LogP contribution in [0.15, 0.2) is 42.5 Å². The van der Waals surface area contributed by atoms with Crippen molar-refractivity contribution in [1.29, 1.82) is 0 Å². The highest BCUT2D eigenvalue weighted by Gasteiger charge is 2.35. The number of para-hydroxylation sites is 1. The summed E-state index contributed by atoms with van der Waals surface area (Å²) in [4.78, 5) is 17.8. The molecule has 0 aliphatic carbocycles.